The van der Waals surface area contributed by atoms with Gasteiger partial charge < -0.3 is 9.47 Å². The van der Waals surface area contributed by atoms with Crippen LogP contribution in [-0.2, 0) is 18.0 Å². The number of halogens is 3. The molecular weight excluding hydrogens is 515 g/mol. The van der Waals surface area contributed by atoms with Crippen LogP contribution in [-0.4, -0.2) is 18.3 Å². The molecule has 0 saturated heterocycles. The molecule has 6 nitrogen and oxygen atoms in total. The third kappa shape index (κ3) is 6.21. The number of hydrazone groups is 1. The van der Waals surface area contributed by atoms with Crippen LogP contribution < -0.4 is 10.2 Å². The lowest BCUT2D eigenvalue weighted by molar-refractivity contribution is 0.184. The van der Waals surface area contributed by atoms with E-state index < -0.39 is 0 Å². The number of aromatic nitrogens is 1. The molecule has 0 aliphatic heterocycles. The van der Waals surface area contributed by atoms with Gasteiger partial charge in [0.15, 0.2) is 5.82 Å². The van der Waals surface area contributed by atoms with Gasteiger partial charge in [-0.1, -0.05) is 29.3 Å². The van der Waals surface area contributed by atoms with Gasteiger partial charge in [0.25, 0.3) is 0 Å². The Morgan fingerprint density at radius 2 is 1.97 bits per heavy atom. The maximum Gasteiger partial charge on any atom is 0.164 e. The first-order chi connectivity index (χ1) is 15.4. The molecule has 1 aromatic heterocycles. The number of nitrogens with one attached hydrogen (secondary N) is 1. The molecule has 0 fully saturated rings. The molecule has 1 N–H and O–H groups in total. The minimum absolute atomic E-state index is 0.321. The van der Waals surface area contributed by atoms with E-state index in [1.54, 1.807) is 25.5 Å². The van der Waals surface area contributed by atoms with Gasteiger partial charge in [0.1, 0.15) is 24.0 Å². The van der Waals surface area contributed by atoms with E-state index in [1.165, 1.54) is 0 Å². The molecule has 164 valence electrons. The van der Waals surface area contributed by atoms with Crippen molar-refractivity contribution in [2.24, 2.45) is 5.10 Å². The zero-order valence-electron chi connectivity index (χ0n) is 17.3. The third-order valence-corrected chi connectivity index (χ3v) is 5.72. The zero-order chi connectivity index (χ0) is 23.1. The molecule has 0 unspecified atom stereocenters. The highest BCUT2D eigenvalue weighted by atomic mass is 79.9. The monoisotopic (exact) mass is 532 g/mol. The average Bonchev–Trinajstić information content (AvgIpc) is 2.75. The third-order valence-electron chi connectivity index (χ3n) is 4.36. The van der Waals surface area contributed by atoms with Crippen LogP contribution in [0.4, 0.5) is 5.82 Å². The SMILES string of the molecule is COCc1cc(C)nc(N/N=C/c2ccc(OCc3ccc(Cl)c(Cl)c3)c(Br)c2)c1C#N. The molecule has 0 aliphatic rings. The summed E-state index contributed by atoms with van der Waals surface area (Å²) in [4.78, 5) is 4.36. The number of nitrogens with zero attached hydrogens (tertiary/aromatic N) is 3. The molecule has 3 aromatic rings. The lowest BCUT2D eigenvalue weighted by atomic mass is 10.1. The van der Waals surface area contributed by atoms with Crippen molar-refractivity contribution in [2.75, 3.05) is 12.5 Å². The largest absolute Gasteiger partial charge is 0.488 e. The van der Waals surface area contributed by atoms with Crippen molar-refractivity contribution >= 4 is 51.2 Å². The van der Waals surface area contributed by atoms with Gasteiger partial charge in [-0.3, -0.25) is 5.43 Å². The fraction of sp³-hybridized carbons (Fsp3) is 0.174. The van der Waals surface area contributed by atoms with Gasteiger partial charge in [-0.05, 0) is 70.4 Å². The topological polar surface area (TPSA) is 79.5 Å². The van der Waals surface area contributed by atoms with Crippen LogP contribution in [0.25, 0.3) is 0 Å². The molecule has 0 bridgehead atoms. The normalized spacial score (nSPS) is 10.9. The molecule has 0 radical (unpaired) electrons. The van der Waals surface area contributed by atoms with Crippen LogP contribution in [0, 0.1) is 18.3 Å². The van der Waals surface area contributed by atoms with Crippen molar-refractivity contribution < 1.29 is 9.47 Å². The number of nitriles is 1. The van der Waals surface area contributed by atoms with Crippen molar-refractivity contribution in [3.05, 3.63) is 84.9 Å². The molecule has 0 atom stereocenters. The smallest absolute Gasteiger partial charge is 0.164 e. The van der Waals surface area contributed by atoms with Gasteiger partial charge in [-0.25, -0.2) is 4.98 Å². The van der Waals surface area contributed by atoms with E-state index in [9.17, 15) is 5.26 Å². The Bertz CT molecular complexity index is 1200. The second kappa shape index (κ2) is 11.3. The Labute approximate surface area is 204 Å². The van der Waals surface area contributed by atoms with E-state index in [0.717, 1.165) is 26.9 Å². The van der Waals surface area contributed by atoms with Gasteiger partial charge in [0.2, 0.25) is 0 Å². The fourth-order valence-electron chi connectivity index (χ4n) is 2.89. The summed E-state index contributed by atoms with van der Waals surface area (Å²) in [5.41, 5.74) is 6.52. The van der Waals surface area contributed by atoms with E-state index in [1.807, 2.05) is 37.3 Å². The predicted molar refractivity (Wildman–Crippen MR) is 131 cm³/mol. The predicted octanol–water partition coefficient (Wildman–Crippen LogP) is 6.50. The van der Waals surface area contributed by atoms with E-state index in [2.05, 4.69) is 37.5 Å². The number of hydrogen-bond acceptors (Lipinski definition) is 6. The highest BCUT2D eigenvalue weighted by Crippen LogP contribution is 2.28. The molecule has 9 heteroatoms. The van der Waals surface area contributed by atoms with E-state index in [4.69, 9.17) is 32.7 Å². The summed E-state index contributed by atoms with van der Waals surface area (Å²) >= 11 is 15.5. The second-order valence-corrected chi connectivity index (χ2v) is 8.46. The number of ether oxygens (including phenoxy) is 2. The van der Waals surface area contributed by atoms with Crippen LogP contribution in [0.15, 0.2) is 52.0 Å². The number of benzene rings is 2. The molecule has 0 aliphatic carbocycles. The van der Waals surface area contributed by atoms with Crippen molar-refractivity contribution in [1.29, 1.82) is 5.26 Å². The molecule has 0 amide bonds. The maximum absolute atomic E-state index is 9.49. The lowest BCUT2D eigenvalue weighted by Gasteiger charge is -2.10. The lowest BCUT2D eigenvalue weighted by Crippen LogP contribution is -2.03. The summed E-state index contributed by atoms with van der Waals surface area (Å²) in [6.45, 7) is 2.52. The quantitative estimate of drug-likeness (QED) is 0.264. The maximum atomic E-state index is 9.49. The van der Waals surface area contributed by atoms with E-state index in [0.29, 0.717) is 40.4 Å². The van der Waals surface area contributed by atoms with Crippen molar-refractivity contribution in [2.45, 2.75) is 20.1 Å². The van der Waals surface area contributed by atoms with Crippen LogP contribution in [0.1, 0.15) is 27.9 Å². The van der Waals surface area contributed by atoms with Gasteiger partial charge in [0, 0.05) is 18.4 Å². The highest BCUT2D eigenvalue weighted by molar-refractivity contribution is 9.10. The van der Waals surface area contributed by atoms with Gasteiger partial charge >= 0.3 is 0 Å². The Balaban J connectivity index is 1.68. The van der Waals surface area contributed by atoms with Crippen molar-refractivity contribution in [3.63, 3.8) is 0 Å². The van der Waals surface area contributed by atoms with Gasteiger partial charge in [-0.15, -0.1) is 0 Å². The first kappa shape index (κ1) is 24.0. The van der Waals surface area contributed by atoms with Gasteiger partial charge in [-0.2, -0.15) is 10.4 Å². The Hall–Kier alpha value is -2.63. The minimum atomic E-state index is 0.321. The first-order valence-corrected chi connectivity index (χ1v) is 11.0. The summed E-state index contributed by atoms with van der Waals surface area (Å²) in [6.07, 6.45) is 1.63. The molecule has 0 spiro atoms. The molecule has 0 saturated carbocycles. The average molecular weight is 534 g/mol. The van der Waals surface area contributed by atoms with Crippen LogP contribution >= 0.6 is 39.1 Å². The first-order valence-electron chi connectivity index (χ1n) is 9.46. The molecular formula is C23H19BrCl2N4O2. The van der Waals surface area contributed by atoms with E-state index >= 15 is 0 Å². The summed E-state index contributed by atoms with van der Waals surface area (Å²) in [5.74, 6) is 1.06. The second-order valence-electron chi connectivity index (χ2n) is 6.79. The summed E-state index contributed by atoms with van der Waals surface area (Å²) in [7, 11) is 1.58. The van der Waals surface area contributed by atoms with Crippen molar-refractivity contribution in [1.82, 2.24) is 4.98 Å². The van der Waals surface area contributed by atoms with Crippen LogP contribution in [0.5, 0.6) is 5.75 Å². The Kier molecular flexibility index (Phi) is 8.48. The number of rotatable bonds is 8. The highest BCUT2D eigenvalue weighted by Gasteiger charge is 2.11. The summed E-state index contributed by atoms with van der Waals surface area (Å²) in [5, 5.41) is 14.7. The minimum Gasteiger partial charge on any atom is -0.488 e. The van der Waals surface area contributed by atoms with Crippen LogP contribution in [0.3, 0.4) is 0 Å². The summed E-state index contributed by atoms with van der Waals surface area (Å²) < 4.78 is 11.8. The number of aryl methyl sites for hydroxylation is 1. The van der Waals surface area contributed by atoms with Crippen molar-refractivity contribution in [3.8, 4) is 11.8 Å². The fourth-order valence-corrected chi connectivity index (χ4v) is 3.72. The Morgan fingerprint density at radius 1 is 1.16 bits per heavy atom. The molecule has 2 aromatic carbocycles. The standard InChI is InChI=1S/C23H19BrCl2N4O2/c1-14-7-17(13-31-2)18(10-27)23(29-14)30-28-11-15-4-6-22(19(24)8-15)32-12-16-3-5-20(25)21(26)9-16/h3-9,11H,12-13H2,1-2H3,(H,29,30)/b28-11+. The van der Waals surface area contributed by atoms with Crippen LogP contribution in [0.2, 0.25) is 10.0 Å². The number of hydrogen-bond donors (Lipinski definition) is 1. The van der Waals surface area contributed by atoms with Gasteiger partial charge in [0.05, 0.1) is 27.3 Å². The number of anilines is 1. The number of pyridine rings is 1. The number of methoxy groups -OCH3 is 1. The molecule has 3 rings (SSSR count). The summed E-state index contributed by atoms with van der Waals surface area (Å²) in [6, 6.07) is 14.9. The van der Waals surface area contributed by atoms with E-state index in [-0.39, 0.29) is 0 Å². The molecule has 32 heavy (non-hydrogen) atoms. The molecule has 1 heterocycles. The Morgan fingerprint density at radius 3 is 2.66 bits per heavy atom. The zero-order valence-corrected chi connectivity index (χ0v) is 20.4.